The number of benzene rings is 1. The maximum absolute atomic E-state index is 11.4. The van der Waals surface area contributed by atoms with Crippen LogP contribution in [0, 0.1) is 6.92 Å². The highest BCUT2D eigenvalue weighted by Crippen LogP contribution is 2.23. The topological polar surface area (TPSA) is 97.5 Å². The van der Waals surface area contributed by atoms with E-state index in [9.17, 15) is 13.2 Å². The fourth-order valence-electron chi connectivity index (χ4n) is 1.59. The molecule has 0 aliphatic rings. The van der Waals surface area contributed by atoms with Crippen molar-refractivity contribution in [2.45, 2.75) is 17.7 Å². The van der Waals surface area contributed by atoms with Crippen LogP contribution < -0.4 is 5.73 Å². The molecule has 0 spiro atoms. The van der Waals surface area contributed by atoms with Crippen molar-refractivity contribution < 1.29 is 18.3 Å². The van der Waals surface area contributed by atoms with E-state index < -0.39 is 21.7 Å². The van der Waals surface area contributed by atoms with Crippen LogP contribution in [0.3, 0.4) is 0 Å². The third-order valence-electron chi connectivity index (χ3n) is 2.59. The number of aryl methyl sites for hydroxylation is 1. The molecule has 5 nitrogen and oxygen atoms in total. The van der Waals surface area contributed by atoms with E-state index in [4.69, 9.17) is 10.8 Å². The van der Waals surface area contributed by atoms with Crippen molar-refractivity contribution in [3.05, 3.63) is 29.3 Å². The number of rotatable bonds is 4. The van der Waals surface area contributed by atoms with Gasteiger partial charge in [-0.15, -0.1) is 0 Å². The van der Waals surface area contributed by atoms with Gasteiger partial charge in [0, 0.05) is 12.8 Å². The first-order chi connectivity index (χ1) is 7.77. The van der Waals surface area contributed by atoms with Crippen LogP contribution in [-0.2, 0) is 14.6 Å². The summed E-state index contributed by atoms with van der Waals surface area (Å²) in [7, 11) is -3.34. The van der Waals surface area contributed by atoms with Crippen LogP contribution in [0.2, 0.25) is 0 Å². The molecule has 3 N–H and O–H groups in total. The van der Waals surface area contributed by atoms with Crippen molar-refractivity contribution in [2.75, 3.05) is 12.8 Å². The zero-order valence-electron chi connectivity index (χ0n) is 9.67. The zero-order valence-corrected chi connectivity index (χ0v) is 10.5. The molecule has 94 valence electrons. The Balaban J connectivity index is 3.38. The van der Waals surface area contributed by atoms with Crippen molar-refractivity contribution in [3.8, 4) is 0 Å². The molecule has 0 heterocycles. The number of carboxylic acids is 1. The standard InChI is InChI=1S/C11H15NO4S/c1-7-3-4-8(17(2,15)16)5-9(7)10(6-12)11(13)14/h3-5,10H,6,12H2,1-2H3,(H,13,14). The summed E-state index contributed by atoms with van der Waals surface area (Å²) in [6.07, 6.45) is 1.08. The number of carboxylic acid groups (broad SMARTS) is 1. The van der Waals surface area contributed by atoms with Crippen LogP contribution in [-0.4, -0.2) is 32.3 Å². The van der Waals surface area contributed by atoms with E-state index in [-0.39, 0.29) is 11.4 Å². The molecular formula is C11H15NO4S. The fourth-order valence-corrected chi connectivity index (χ4v) is 2.24. The van der Waals surface area contributed by atoms with Crippen molar-refractivity contribution in [3.63, 3.8) is 0 Å². The quantitative estimate of drug-likeness (QED) is 0.819. The molecule has 0 saturated carbocycles. The smallest absolute Gasteiger partial charge is 0.312 e. The Morgan fingerprint density at radius 3 is 2.47 bits per heavy atom. The lowest BCUT2D eigenvalue weighted by atomic mass is 9.95. The third-order valence-corrected chi connectivity index (χ3v) is 3.70. The van der Waals surface area contributed by atoms with Gasteiger partial charge in [0.1, 0.15) is 0 Å². The Bertz CT molecular complexity index is 536. The van der Waals surface area contributed by atoms with Gasteiger partial charge in [-0.25, -0.2) is 8.42 Å². The average molecular weight is 257 g/mol. The van der Waals surface area contributed by atoms with Gasteiger partial charge >= 0.3 is 5.97 Å². The van der Waals surface area contributed by atoms with E-state index in [2.05, 4.69) is 0 Å². The summed E-state index contributed by atoms with van der Waals surface area (Å²) in [5, 5.41) is 9.02. The first-order valence-electron chi connectivity index (χ1n) is 5.01. The van der Waals surface area contributed by atoms with E-state index in [0.29, 0.717) is 5.56 Å². The molecule has 1 unspecified atom stereocenters. The Kier molecular flexibility index (Phi) is 3.90. The Morgan fingerprint density at radius 1 is 1.47 bits per heavy atom. The lowest BCUT2D eigenvalue weighted by molar-refractivity contribution is -0.138. The molecule has 0 amide bonds. The first kappa shape index (κ1) is 13.7. The molecule has 0 aliphatic carbocycles. The number of hydrogen-bond donors (Lipinski definition) is 2. The van der Waals surface area contributed by atoms with Crippen molar-refractivity contribution in [1.82, 2.24) is 0 Å². The van der Waals surface area contributed by atoms with Crippen molar-refractivity contribution in [2.24, 2.45) is 5.73 Å². The highest BCUT2D eigenvalue weighted by atomic mass is 32.2. The van der Waals surface area contributed by atoms with E-state index in [0.717, 1.165) is 11.8 Å². The lowest BCUT2D eigenvalue weighted by Crippen LogP contribution is -2.22. The van der Waals surface area contributed by atoms with Gasteiger partial charge in [-0.2, -0.15) is 0 Å². The van der Waals surface area contributed by atoms with E-state index in [1.54, 1.807) is 13.0 Å². The van der Waals surface area contributed by atoms with Crippen LogP contribution in [0.5, 0.6) is 0 Å². The van der Waals surface area contributed by atoms with Gasteiger partial charge in [0.15, 0.2) is 9.84 Å². The first-order valence-corrected chi connectivity index (χ1v) is 6.90. The minimum absolute atomic E-state index is 0.0661. The number of hydrogen-bond acceptors (Lipinski definition) is 4. The molecule has 0 bridgehead atoms. The predicted molar refractivity (Wildman–Crippen MR) is 63.7 cm³/mol. The number of nitrogens with two attached hydrogens (primary N) is 1. The molecule has 1 atom stereocenters. The number of aliphatic carboxylic acids is 1. The Hall–Kier alpha value is -1.40. The summed E-state index contributed by atoms with van der Waals surface area (Å²) in [6.45, 7) is 1.66. The summed E-state index contributed by atoms with van der Waals surface area (Å²) in [4.78, 5) is 11.1. The van der Waals surface area contributed by atoms with E-state index in [1.807, 2.05) is 0 Å². The summed E-state index contributed by atoms with van der Waals surface area (Å²) < 4.78 is 22.8. The van der Waals surface area contributed by atoms with Gasteiger partial charge in [0.25, 0.3) is 0 Å². The predicted octanol–water partition coefficient (Wildman–Crippen LogP) is 0.525. The minimum Gasteiger partial charge on any atom is -0.481 e. The minimum atomic E-state index is -3.34. The molecule has 1 aromatic carbocycles. The largest absolute Gasteiger partial charge is 0.481 e. The molecule has 1 rings (SSSR count). The van der Waals surface area contributed by atoms with Crippen molar-refractivity contribution >= 4 is 15.8 Å². The second-order valence-corrected chi connectivity index (χ2v) is 5.93. The molecule has 0 saturated heterocycles. The van der Waals surface area contributed by atoms with Gasteiger partial charge in [-0.1, -0.05) is 6.07 Å². The normalized spacial score (nSPS) is 13.4. The second-order valence-electron chi connectivity index (χ2n) is 3.92. The Morgan fingerprint density at radius 2 is 2.06 bits per heavy atom. The molecular weight excluding hydrogens is 242 g/mol. The monoisotopic (exact) mass is 257 g/mol. The Labute approximate surface area is 100 Å². The maximum atomic E-state index is 11.4. The van der Waals surface area contributed by atoms with Crippen molar-refractivity contribution in [1.29, 1.82) is 0 Å². The molecule has 0 aromatic heterocycles. The molecule has 0 aliphatic heterocycles. The van der Waals surface area contributed by atoms with Gasteiger partial charge in [0.2, 0.25) is 0 Å². The summed E-state index contributed by atoms with van der Waals surface area (Å²) in [5.74, 6) is -1.93. The molecule has 0 radical (unpaired) electrons. The maximum Gasteiger partial charge on any atom is 0.312 e. The highest BCUT2D eigenvalue weighted by molar-refractivity contribution is 7.90. The highest BCUT2D eigenvalue weighted by Gasteiger charge is 2.21. The molecule has 1 aromatic rings. The van der Waals surface area contributed by atoms with E-state index >= 15 is 0 Å². The summed E-state index contributed by atoms with van der Waals surface area (Å²) in [5.41, 5.74) is 6.57. The average Bonchev–Trinajstić information content (AvgIpc) is 2.19. The van der Waals surface area contributed by atoms with Crippen LogP contribution >= 0.6 is 0 Å². The zero-order chi connectivity index (χ0) is 13.2. The lowest BCUT2D eigenvalue weighted by Gasteiger charge is -2.14. The SMILES string of the molecule is Cc1ccc(S(C)(=O)=O)cc1C(CN)C(=O)O. The summed E-state index contributed by atoms with van der Waals surface area (Å²) >= 11 is 0. The van der Waals surface area contributed by atoms with E-state index in [1.165, 1.54) is 12.1 Å². The molecule has 6 heteroatoms. The van der Waals surface area contributed by atoms with Gasteiger partial charge in [0.05, 0.1) is 10.8 Å². The van der Waals surface area contributed by atoms with Gasteiger partial charge in [-0.3, -0.25) is 4.79 Å². The summed E-state index contributed by atoms with van der Waals surface area (Å²) in [6, 6.07) is 4.44. The van der Waals surface area contributed by atoms with Crippen LogP contribution in [0.1, 0.15) is 17.0 Å². The van der Waals surface area contributed by atoms with Crippen LogP contribution in [0.4, 0.5) is 0 Å². The van der Waals surface area contributed by atoms with Crippen LogP contribution in [0.15, 0.2) is 23.1 Å². The fraction of sp³-hybridized carbons (Fsp3) is 0.364. The second kappa shape index (κ2) is 4.85. The number of sulfone groups is 1. The van der Waals surface area contributed by atoms with Gasteiger partial charge in [-0.05, 0) is 30.2 Å². The number of carbonyl (C=O) groups is 1. The third kappa shape index (κ3) is 3.04. The molecule has 17 heavy (non-hydrogen) atoms. The molecule has 0 fully saturated rings. The van der Waals surface area contributed by atoms with Gasteiger partial charge < -0.3 is 10.8 Å². The van der Waals surface area contributed by atoms with Crippen LogP contribution in [0.25, 0.3) is 0 Å².